The van der Waals surface area contributed by atoms with Gasteiger partial charge in [-0.05, 0) is 37.5 Å². The lowest BCUT2D eigenvalue weighted by molar-refractivity contribution is 0.556. The Hall–Kier alpha value is -1.20. The van der Waals surface area contributed by atoms with E-state index in [1.54, 1.807) is 6.07 Å². The van der Waals surface area contributed by atoms with E-state index in [0.717, 1.165) is 18.7 Å². The average molecular weight is 263 g/mol. The van der Waals surface area contributed by atoms with Gasteiger partial charge in [-0.25, -0.2) is 0 Å². The normalized spacial score (nSPS) is 20.3. The SMILES string of the molecule is CCC1CCCCCN1c1ccc(C#N)cc1Cl. The summed E-state index contributed by atoms with van der Waals surface area (Å²) in [6, 6.07) is 8.34. The highest BCUT2D eigenvalue weighted by Gasteiger charge is 2.21. The van der Waals surface area contributed by atoms with Crippen LogP contribution in [0.5, 0.6) is 0 Å². The standard InChI is InChI=1S/C15H19ClN2/c1-2-13-6-4-3-5-9-18(13)15-8-7-12(11-17)10-14(15)16/h7-8,10,13H,2-6,9H2,1H3. The molecule has 0 spiro atoms. The fourth-order valence-corrected chi connectivity index (χ4v) is 3.02. The van der Waals surface area contributed by atoms with Gasteiger partial charge in [-0.2, -0.15) is 5.26 Å². The largest absolute Gasteiger partial charge is 0.367 e. The fraction of sp³-hybridized carbons (Fsp3) is 0.533. The first kappa shape index (κ1) is 13.2. The number of rotatable bonds is 2. The number of benzene rings is 1. The van der Waals surface area contributed by atoms with Crippen molar-refractivity contribution in [3.63, 3.8) is 0 Å². The molecule has 3 heteroatoms. The van der Waals surface area contributed by atoms with Crippen molar-refractivity contribution in [2.75, 3.05) is 11.4 Å². The smallest absolute Gasteiger partial charge is 0.0992 e. The first-order valence-electron chi connectivity index (χ1n) is 6.72. The zero-order valence-electron chi connectivity index (χ0n) is 10.8. The maximum absolute atomic E-state index is 8.88. The van der Waals surface area contributed by atoms with Gasteiger partial charge in [-0.1, -0.05) is 31.4 Å². The van der Waals surface area contributed by atoms with E-state index in [-0.39, 0.29) is 0 Å². The molecule has 1 aliphatic heterocycles. The van der Waals surface area contributed by atoms with Gasteiger partial charge in [0.05, 0.1) is 22.3 Å². The summed E-state index contributed by atoms with van der Waals surface area (Å²) in [6.07, 6.45) is 6.24. The highest BCUT2D eigenvalue weighted by molar-refractivity contribution is 6.33. The number of hydrogen-bond donors (Lipinski definition) is 0. The second-order valence-electron chi connectivity index (χ2n) is 4.88. The predicted molar refractivity (Wildman–Crippen MR) is 76.1 cm³/mol. The van der Waals surface area contributed by atoms with Crippen LogP contribution in [-0.2, 0) is 0 Å². The van der Waals surface area contributed by atoms with Crippen molar-refractivity contribution in [1.29, 1.82) is 5.26 Å². The molecule has 96 valence electrons. The van der Waals surface area contributed by atoms with Crippen LogP contribution in [0, 0.1) is 11.3 Å². The Morgan fingerprint density at radius 2 is 2.22 bits per heavy atom. The molecule has 1 heterocycles. The molecule has 2 nitrogen and oxygen atoms in total. The Labute approximate surface area is 114 Å². The van der Waals surface area contributed by atoms with E-state index in [0.29, 0.717) is 16.6 Å². The topological polar surface area (TPSA) is 27.0 Å². The molecule has 1 aromatic carbocycles. The molecule has 1 fully saturated rings. The number of hydrogen-bond acceptors (Lipinski definition) is 2. The summed E-state index contributed by atoms with van der Waals surface area (Å²) in [5.74, 6) is 0. The molecule has 0 N–H and O–H groups in total. The Morgan fingerprint density at radius 3 is 2.89 bits per heavy atom. The maximum Gasteiger partial charge on any atom is 0.0992 e. The number of halogens is 1. The van der Waals surface area contributed by atoms with Crippen LogP contribution in [-0.4, -0.2) is 12.6 Å². The number of nitriles is 1. The predicted octanol–water partition coefficient (Wildman–Crippen LogP) is 4.37. The Kier molecular flexibility index (Phi) is 4.49. The van der Waals surface area contributed by atoms with Crippen molar-refractivity contribution in [2.24, 2.45) is 0 Å². The molecular formula is C15H19ClN2. The highest BCUT2D eigenvalue weighted by atomic mass is 35.5. The molecule has 1 aromatic rings. The maximum atomic E-state index is 8.88. The van der Waals surface area contributed by atoms with E-state index in [2.05, 4.69) is 17.9 Å². The van der Waals surface area contributed by atoms with Gasteiger partial charge in [0.2, 0.25) is 0 Å². The Balaban J connectivity index is 2.30. The molecule has 0 bridgehead atoms. The molecule has 2 rings (SSSR count). The van der Waals surface area contributed by atoms with Crippen LogP contribution in [0.25, 0.3) is 0 Å². The van der Waals surface area contributed by atoms with Crippen molar-refractivity contribution in [1.82, 2.24) is 0 Å². The third-order valence-electron chi connectivity index (χ3n) is 3.73. The molecule has 0 radical (unpaired) electrons. The minimum Gasteiger partial charge on any atom is -0.367 e. The van der Waals surface area contributed by atoms with Gasteiger partial charge in [0.25, 0.3) is 0 Å². The summed E-state index contributed by atoms with van der Waals surface area (Å²) in [5.41, 5.74) is 1.72. The lowest BCUT2D eigenvalue weighted by Crippen LogP contribution is -2.34. The van der Waals surface area contributed by atoms with Gasteiger partial charge in [-0.3, -0.25) is 0 Å². The van der Waals surface area contributed by atoms with Crippen LogP contribution in [0.15, 0.2) is 18.2 Å². The first-order valence-corrected chi connectivity index (χ1v) is 7.10. The van der Waals surface area contributed by atoms with Gasteiger partial charge < -0.3 is 4.90 Å². The van der Waals surface area contributed by atoms with Crippen LogP contribution < -0.4 is 4.90 Å². The molecule has 0 amide bonds. The molecule has 0 aromatic heterocycles. The first-order chi connectivity index (χ1) is 8.76. The van der Waals surface area contributed by atoms with E-state index in [9.17, 15) is 0 Å². The summed E-state index contributed by atoms with van der Waals surface area (Å²) in [6.45, 7) is 3.31. The van der Waals surface area contributed by atoms with E-state index >= 15 is 0 Å². The third-order valence-corrected chi connectivity index (χ3v) is 4.04. The van der Waals surface area contributed by atoms with Gasteiger partial charge in [0.15, 0.2) is 0 Å². The molecule has 1 unspecified atom stereocenters. The van der Waals surface area contributed by atoms with Gasteiger partial charge in [0.1, 0.15) is 0 Å². The Bertz CT molecular complexity index is 450. The second kappa shape index (κ2) is 6.11. The fourth-order valence-electron chi connectivity index (χ4n) is 2.73. The van der Waals surface area contributed by atoms with Gasteiger partial charge in [0, 0.05) is 12.6 Å². The van der Waals surface area contributed by atoms with Crippen molar-refractivity contribution >= 4 is 17.3 Å². The highest BCUT2D eigenvalue weighted by Crippen LogP contribution is 2.32. The van der Waals surface area contributed by atoms with Crippen LogP contribution >= 0.6 is 11.6 Å². The van der Waals surface area contributed by atoms with E-state index in [1.807, 2.05) is 12.1 Å². The number of anilines is 1. The lowest BCUT2D eigenvalue weighted by Gasteiger charge is -2.32. The van der Waals surface area contributed by atoms with Crippen LogP contribution in [0.4, 0.5) is 5.69 Å². The number of nitrogens with zero attached hydrogens (tertiary/aromatic N) is 2. The second-order valence-corrected chi connectivity index (χ2v) is 5.29. The summed E-state index contributed by atoms with van der Waals surface area (Å²) in [7, 11) is 0. The van der Waals surface area contributed by atoms with Crippen molar-refractivity contribution < 1.29 is 0 Å². The van der Waals surface area contributed by atoms with Crippen molar-refractivity contribution in [3.05, 3.63) is 28.8 Å². The van der Waals surface area contributed by atoms with E-state index in [1.165, 1.54) is 25.7 Å². The minimum atomic E-state index is 0.581. The van der Waals surface area contributed by atoms with Gasteiger partial charge >= 0.3 is 0 Å². The zero-order valence-corrected chi connectivity index (χ0v) is 11.6. The van der Waals surface area contributed by atoms with Crippen molar-refractivity contribution in [2.45, 2.75) is 45.1 Å². The quantitative estimate of drug-likeness (QED) is 0.791. The van der Waals surface area contributed by atoms with Crippen LogP contribution in [0.2, 0.25) is 5.02 Å². The minimum absolute atomic E-state index is 0.581. The molecule has 18 heavy (non-hydrogen) atoms. The monoisotopic (exact) mass is 262 g/mol. The average Bonchev–Trinajstić information content (AvgIpc) is 2.63. The zero-order chi connectivity index (χ0) is 13.0. The molecule has 0 saturated carbocycles. The van der Waals surface area contributed by atoms with Crippen LogP contribution in [0.1, 0.15) is 44.6 Å². The van der Waals surface area contributed by atoms with Crippen molar-refractivity contribution in [3.8, 4) is 6.07 Å². The molecule has 0 aliphatic carbocycles. The summed E-state index contributed by atoms with van der Waals surface area (Å²) in [4.78, 5) is 2.43. The molecule has 1 aliphatic rings. The molecule has 1 saturated heterocycles. The summed E-state index contributed by atoms with van der Waals surface area (Å²) in [5, 5.41) is 9.59. The van der Waals surface area contributed by atoms with Gasteiger partial charge in [-0.15, -0.1) is 0 Å². The third kappa shape index (κ3) is 2.79. The van der Waals surface area contributed by atoms with E-state index in [4.69, 9.17) is 16.9 Å². The molecule has 1 atom stereocenters. The summed E-state index contributed by atoms with van der Waals surface area (Å²) >= 11 is 6.32. The molecular weight excluding hydrogens is 244 g/mol. The van der Waals surface area contributed by atoms with Crippen LogP contribution in [0.3, 0.4) is 0 Å². The summed E-state index contributed by atoms with van der Waals surface area (Å²) < 4.78 is 0. The Morgan fingerprint density at radius 1 is 1.39 bits per heavy atom. The lowest BCUT2D eigenvalue weighted by atomic mass is 10.1. The van der Waals surface area contributed by atoms with E-state index < -0.39 is 0 Å².